The van der Waals surface area contributed by atoms with Crippen LogP contribution in [0.5, 0.6) is 5.75 Å². The van der Waals surface area contributed by atoms with Crippen molar-refractivity contribution < 1.29 is 4.74 Å². The van der Waals surface area contributed by atoms with Gasteiger partial charge in [-0.2, -0.15) is 0 Å². The Morgan fingerprint density at radius 2 is 2.19 bits per heavy atom. The Morgan fingerprint density at radius 1 is 1.33 bits per heavy atom. The third-order valence-electron chi connectivity index (χ3n) is 3.33. The number of hydrogen-bond donors (Lipinski definition) is 1. The number of nitrogens with zero attached hydrogens (tertiary/aromatic N) is 2. The van der Waals surface area contributed by atoms with E-state index in [0.29, 0.717) is 12.6 Å². The van der Waals surface area contributed by atoms with Crippen LogP contribution in [0.3, 0.4) is 0 Å². The second-order valence-corrected chi connectivity index (χ2v) is 5.42. The summed E-state index contributed by atoms with van der Waals surface area (Å²) in [5, 5.41) is 3.41. The molecule has 114 valence electrons. The maximum Gasteiger partial charge on any atom is 0.119 e. The van der Waals surface area contributed by atoms with Crippen LogP contribution in [0.2, 0.25) is 0 Å². The molecule has 0 aliphatic rings. The van der Waals surface area contributed by atoms with Gasteiger partial charge in [-0.3, -0.25) is 0 Å². The van der Waals surface area contributed by atoms with Gasteiger partial charge in [0.25, 0.3) is 0 Å². The van der Waals surface area contributed by atoms with Gasteiger partial charge in [-0.15, -0.1) is 0 Å². The fraction of sp³-hybridized carbons (Fsp3) is 0.471. The number of imidazole rings is 1. The molecule has 0 saturated heterocycles. The average Bonchev–Trinajstić information content (AvgIpc) is 2.93. The zero-order valence-electron chi connectivity index (χ0n) is 13.2. The average molecular weight is 287 g/mol. The Kier molecular flexibility index (Phi) is 5.81. The van der Waals surface area contributed by atoms with E-state index in [4.69, 9.17) is 4.74 Å². The molecule has 1 aromatic carbocycles. The quantitative estimate of drug-likeness (QED) is 0.811. The zero-order chi connectivity index (χ0) is 15.1. The van der Waals surface area contributed by atoms with Crippen LogP contribution in [0, 0.1) is 0 Å². The van der Waals surface area contributed by atoms with Gasteiger partial charge in [0.15, 0.2) is 0 Å². The monoisotopic (exact) mass is 287 g/mol. The molecule has 0 bridgehead atoms. The summed E-state index contributed by atoms with van der Waals surface area (Å²) in [4.78, 5) is 4.31. The molecule has 1 N–H and O–H groups in total. The van der Waals surface area contributed by atoms with E-state index in [0.717, 1.165) is 31.1 Å². The van der Waals surface area contributed by atoms with Crippen LogP contribution in [-0.2, 0) is 19.5 Å². The topological polar surface area (TPSA) is 39.1 Å². The first-order chi connectivity index (χ1) is 10.2. The maximum atomic E-state index is 5.85. The molecule has 21 heavy (non-hydrogen) atoms. The number of rotatable bonds is 8. The van der Waals surface area contributed by atoms with Crippen molar-refractivity contribution in [3.63, 3.8) is 0 Å². The van der Waals surface area contributed by atoms with Crippen molar-refractivity contribution in [1.82, 2.24) is 14.9 Å². The first-order valence-corrected chi connectivity index (χ1v) is 7.64. The van der Waals surface area contributed by atoms with E-state index in [2.05, 4.69) is 47.8 Å². The Labute approximate surface area is 127 Å². The van der Waals surface area contributed by atoms with Crippen molar-refractivity contribution in [3.8, 4) is 5.75 Å². The van der Waals surface area contributed by atoms with Gasteiger partial charge < -0.3 is 14.6 Å². The minimum absolute atomic E-state index is 0.489. The molecule has 1 heterocycles. The normalized spacial score (nSPS) is 11.0. The van der Waals surface area contributed by atoms with Crippen LogP contribution in [-0.4, -0.2) is 22.2 Å². The van der Waals surface area contributed by atoms with Gasteiger partial charge in [0.1, 0.15) is 18.2 Å². The minimum atomic E-state index is 0.489. The van der Waals surface area contributed by atoms with E-state index in [-0.39, 0.29) is 0 Å². The Bertz CT molecular complexity index is 548. The smallest absolute Gasteiger partial charge is 0.119 e. The molecule has 2 aromatic rings. The molecule has 0 aliphatic heterocycles. The second kappa shape index (κ2) is 7.84. The van der Waals surface area contributed by atoms with E-state index < -0.39 is 0 Å². The molecule has 4 heteroatoms. The van der Waals surface area contributed by atoms with E-state index in [1.165, 1.54) is 5.56 Å². The lowest BCUT2D eigenvalue weighted by molar-refractivity contribution is 0.296. The van der Waals surface area contributed by atoms with Crippen molar-refractivity contribution in [2.24, 2.45) is 0 Å². The van der Waals surface area contributed by atoms with Gasteiger partial charge in [0, 0.05) is 31.4 Å². The van der Waals surface area contributed by atoms with Crippen molar-refractivity contribution in [3.05, 3.63) is 48.0 Å². The number of hydrogen-bond acceptors (Lipinski definition) is 3. The predicted octanol–water partition coefficient (Wildman–Crippen LogP) is 3.02. The van der Waals surface area contributed by atoms with Gasteiger partial charge in [0.05, 0.1) is 6.54 Å². The van der Waals surface area contributed by atoms with Gasteiger partial charge >= 0.3 is 0 Å². The summed E-state index contributed by atoms with van der Waals surface area (Å²) < 4.78 is 7.99. The van der Waals surface area contributed by atoms with Gasteiger partial charge in [0.2, 0.25) is 0 Å². The molecule has 0 radical (unpaired) electrons. The van der Waals surface area contributed by atoms with Gasteiger partial charge in [-0.1, -0.05) is 32.9 Å². The van der Waals surface area contributed by atoms with Crippen molar-refractivity contribution in [2.45, 2.75) is 46.3 Å². The number of aryl methyl sites for hydroxylation is 1. The summed E-state index contributed by atoms with van der Waals surface area (Å²) in [6.07, 6.45) is 4.80. The third kappa shape index (κ3) is 4.90. The van der Waals surface area contributed by atoms with E-state index >= 15 is 0 Å². The summed E-state index contributed by atoms with van der Waals surface area (Å²) in [6.45, 7) is 8.77. The molecule has 0 aliphatic carbocycles. The molecule has 0 amide bonds. The van der Waals surface area contributed by atoms with Crippen LogP contribution in [0.1, 0.15) is 32.2 Å². The van der Waals surface area contributed by atoms with Crippen LogP contribution in [0.4, 0.5) is 0 Å². The largest absolute Gasteiger partial charge is 0.492 e. The fourth-order valence-corrected chi connectivity index (χ4v) is 2.19. The Hall–Kier alpha value is -1.81. The molecule has 0 unspecified atom stereocenters. The van der Waals surface area contributed by atoms with Crippen LogP contribution < -0.4 is 10.1 Å². The van der Waals surface area contributed by atoms with E-state index in [9.17, 15) is 0 Å². The van der Waals surface area contributed by atoms with E-state index in [1.807, 2.05) is 24.5 Å². The molecule has 0 atom stereocenters. The van der Waals surface area contributed by atoms with Crippen LogP contribution in [0.15, 0.2) is 36.7 Å². The third-order valence-corrected chi connectivity index (χ3v) is 3.33. The lowest BCUT2D eigenvalue weighted by Crippen LogP contribution is -2.21. The molecule has 0 saturated carbocycles. The number of benzene rings is 1. The first kappa shape index (κ1) is 15.6. The molecule has 4 nitrogen and oxygen atoms in total. The molecule has 2 rings (SSSR count). The lowest BCUT2D eigenvalue weighted by atomic mass is 10.2. The summed E-state index contributed by atoms with van der Waals surface area (Å²) >= 11 is 0. The summed E-state index contributed by atoms with van der Waals surface area (Å²) in [6, 6.07) is 8.76. The Balaban J connectivity index is 1.84. The highest BCUT2D eigenvalue weighted by molar-refractivity contribution is 5.28. The Morgan fingerprint density at radius 3 is 2.95 bits per heavy atom. The molecular formula is C17H25N3O. The van der Waals surface area contributed by atoms with Crippen molar-refractivity contribution in [2.75, 3.05) is 6.61 Å². The molecule has 1 aromatic heterocycles. The second-order valence-electron chi connectivity index (χ2n) is 5.42. The minimum Gasteiger partial charge on any atom is -0.492 e. The first-order valence-electron chi connectivity index (χ1n) is 7.64. The highest BCUT2D eigenvalue weighted by atomic mass is 16.5. The number of aromatic nitrogens is 2. The highest BCUT2D eigenvalue weighted by Crippen LogP contribution is 2.13. The molecule has 0 fully saturated rings. The predicted molar refractivity (Wildman–Crippen MR) is 85.5 cm³/mol. The number of nitrogens with one attached hydrogen (secondary N) is 1. The summed E-state index contributed by atoms with van der Waals surface area (Å²) in [5.41, 5.74) is 1.25. The molecular weight excluding hydrogens is 262 g/mol. The maximum absolute atomic E-state index is 5.85. The summed E-state index contributed by atoms with van der Waals surface area (Å²) in [7, 11) is 0. The lowest BCUT2D eigenvalue weighted by Gasteiger charge is -2.11. The van der Waals surface area contributed by atoms with E-state index in [1.54, 1.807) is 0 Å². The standard InChI is InChI=1S/C17H25N3O/c1-4-17-18-8-9-20(17)10-11-21-16-7-5-6-15(12-16)13-19-14(2)3/h5-9,12,14,19H,4,10-11,13H2,1-3H3. The SMILES string of the molecule is CCc1nccn1CCOc1cccc(CNC(C)C)c1. The van der Waals surface area contributed by atoms with Crippen molar-refractivity contribution >= 4 is 0 Å². The fourth-order valence-electron chi connectivity index (χ4n) is 2.19. The van der Waals surface area contributed by atoms with Gasteiger partial charge in [-0.05, 0) is 17.7 Å². The highest BCUT2D eigenvalue weighted by Gasteiger charge is 2.01. The van der Waals surface area contributed by atoms with Crippen LogP contribution in [0.25, 0.3) is 0 Å². The molecule has 0 spiro atoms. The van der Waals surface area contributed by atoms with Crippen molar-refractivity contribution in [1.29, 1.82) is 0 Å². The summed E-state index contributed by atoms with van der Waals surface area (Å²) in [5.74, 6) is 2.03. The van der Waals surface area contributed by atoms with Gasteiger partial charge in [-0.25, -0.2) is 4.98 Å². The zero-order valence-corrected chi connectivity index (χ0v) is 13.2. The number of ether oxygens (including phenoxy) is 1. The van der Waals surface area contributed by atoms with Crippen LogP contribution >= 0.6 is 0 Å².